The first-order valence-corrected chi connectivity index (χ1v) is 6.88. The molecule has 0 spiro atoms. The molecule has 1 aliphatic rings. The third-order valence-corrected chi connectivity index (χ3v) is 4.19. The molecule has 2 N–H and O–H groups in total. The molecule has 3 atom stereocenters. The van der Waals surface area contributed by atoms with Crippen molar-refractivity contribution in [1.29, 1.82) is 0 Å². The van der Waals surface area contributed by atoms with Gasteiger partial charge in [0.05, 0.1) is 6.10 Å². The van der Waals surface area contributed by atoms with Crippen molar-refractivity contribution >= 4 is 5.69 Å². The maximum absolute atomic E-state index is 9.98. The SMILES string of the molecule is CC(O)c1ccc(N2CC(C)N(C)C(C)C2)cc1O. The summed E-state index contributed by atoms with van der Waals surface area (Å²) >= 11 is 0. The normalized spacial score (nSPS) is 26.5. The van der Waals surface area contributed by atoms with Gasteiger partial charge in [-0.1, -0.05) is 6.07 Å². The lowest BCUT2D eigenvalue weighted by Gasteiger charge is -2.43. The summed E-state index contributed by atoms with van der Waals surface area (Å²) in [6.45, 7) is 8.00. The van der Waals surface area contributed by atoms with E-state index in [0.717, 1.165) is 18.8 Å². The number of phenols is 1. The summed E-state index contributed by atoms with van der Waals surface area (Å²) in [6, 6.07) is 6.52. The van der Waals surface area contributed by atoms with Crippen LogP contribution in [0.25, 0.3) is 0 Å². The largest absolute Gasteiger partial charge is 0.507 e. The van der Waals surface area contributed by atoms with Crippen LogP contribution in [0.15, 0.2) is 18.2 Å². The lowest BCUT2D eigenvalue weighted by molar-refractivity contribution is 0.170. The Morgan fingerprint density at radius 3 is 2.26 bits per heavy atom. The number of likely N-dealkylation sites (N-methyl/N-ethyl adjacent to an activating group) is 1. The average molecular weight is 264 g/mol. The minimum absolute atomic E-state index is 0.173. The Morgan fingerprint density at radius 2 is 1.79 bits per heavy atom. The van der Waals surface area contributed by atoms with E-state index in [4.69, 9.17) is 0 Å². The first-order valence-electron chi connectivity index (χ1n) is 6.88. The first-order chi connectivity index (χ1) is 8.90. The highest BCUT2D eigenvalue weighted by Gasteiger charge is 2.26. The maximum atomic E-state index is 9.98. The summed E-state index contributed by atoms with van der Waals surface area (Å²) in [6.07, 6.45) is -0.639. The van der Waals surface area contributed by atoms with Crippen molar-refractivity contribution in [3.05, 3.63) is 23.8 Å². The molecule has 1 aromatic rings. The van der Waals surface area contributed by atoms with Crippen LogP contribution in [-0.4, -0.2) is 47.3 Å². The summed E-state index contributed by atoms with van der Waals surface area (Å²) in [5, 5.41) is 19.5. The van der Waals surface area contributed by atoms with E-state index in [-0.39, 0.29) is 5.75 Å². The lowest BCUT2D eigenvalue weighted by Crippen LogP contribution is -2.55. The molecule has 0 aliphatic carbocycles. The molecule has 1 heterocycles. The fourth-order valence-electron chi connectivity index (χ4n) is 2.70. The van der Waals surface area contributed by atoms with Gasteiger partial charge in [0.1, 0.15) is 5.75 Å². The number of nitrogens with zero attached hydrogens (tertiary/aromatic N) is 2. The maximum Gasteiger partial charge on any atom is 0.123 e. The van der Waals surface area contributed by atoms with Crippen LogP contribution in [0.4, 0.5) is 5.69 Å². The van der Waals surface area contributed by atoms with Crippen LogP contribution in [0.1, 0.15) is 32.4 Å². The molecule has 0 amide bonds. The number of aliphatic hydroxyl groups excluding tert-OH is 1. The number of anilines is 1. The summed E-state index contributed by atoms with van der Waals surface area (Å²) in [5.41, 5.74) is 1.60. The molecule has 1 fully saturated rings. The number of benzene rings is 1. The predicted octanol–water partition coefficient (Wildman–Crippen LogP) is 1.97. The molecule has 1 aliphatic heterocycles. The van der Waals surface area contributed by atoms with E-state index >= 15 is 0 Å². The Hall–Kier alpha value is -1.26. The Balaban J connectivity index is 2.21. The van der Waals surface area contributed by atoms with Gasteiger partial charge in [-0.3, -0.25) is 4.90 Å². The van der Waals surface area contributed by atoms with Crippen molar-refractivity contribution in [3.8, 4) is 5.75 Å². The number of aromatic hydroxyl groups is 1. The molecule has 2 rings (SSSR count). The Labute approximate surface area is 115 Å². The van der Waals surface area contributed by atoms with Crippen LogP contribution in [0.5, 0.6) is 5.75 Å². The van der Waals surface area contributed by atoms with E-state index in [1.165, 1.54) is 0 Å². The Bertz CT molecular complexity index is 436. The third-order valence-electron chi connectivity index (χ3n) is 4.19. The average Bonchev–Trinajstić information content (AvgIpc) is 2.34. The highest BCUT2D eigenvalue weighted by molar-refractivity contribution is 5.54. The van der Waals surface area contributed by atoms with E-state index < -0.39 is 6.10 Å². The summed E-state index contributed by atoms with van der Waals surface area (Å²) in [5.74, 6) is 0.173. The first kappa shape index (κ1) is 14.2. The van der Waals surface area contributed by atoms with Gasteiger partial charge < -0.3 is 15.1 Å². The number of hydrogen-bond donors (Lipinski definition) is 2. The molecule has 0 saturated carbocycles. The van der Waals surface area contributed by atoms with E-state index in [9.17, 15) is 10.2 Å². The number of hydrogen-bond acceptors (Lipinski definition) is 4. The van der Waals surface area contributed by atoms with Crippen molar-refractivity contribution in [2.45, 2.75) is 39.0 Å². The number of rotatable bonds is 2. The van der Waals surface area contributed by atoms with Crippen LogP contribution in [0, 0.1) is 0 Å². The van der Waals surface area contributed by atoms with Gasteiger partial charge >= 0.3 is 0 Å². The van der Waals surface area contributed by atoms with Crippen molar-refractivity contribution < 1.29 is 10.2 Å². The van der Waals surface area contributed by atoms with Crippen LogP contribution >= 0.6 is 0 Å². The highest BCUT2D eigenvalue weighted by Crippen LogP contribution is 2.30. The fraction of sp³-hybridized carbons (Fsp3) is 0.600. The highest BCUT2D eigenvalue weighted by atomic mass is 16.3. The Morgan fingerprint density at radius 1 is 1.21 bits per heavy atom. The second kappa shape index (κ2) is 5.39. The summed E-state index contributed by atoms with van der Waals surface area (Å²) in [7, 11) is 2.15. The molecule has 4 nitrogen and oxygen atoms in total. The van der Waals surface area contributed by atoms with Gasteiger partial charge in [0.15, 0.2) is 0 Å². The molecule has 106 valence electrons. The van der Waals surface area contributed by atoms with Gasteiger partial charge in [0, 0.05) is 42.5 Å². The van der Waals surface area contributed by atoms with Crippen LogP contribution < -0.4 is 4.90 Å². The van der Waals surface area contributed by atoms with Crippen molar-refractivity contribution in [2.75, 3.05) is 25.0 Å². The van der Waals surface area contributed by atoms with Crippen LogP contribution in [0.3, 0.4) is 0 Å². The minimum atomic E-state index is -0.639. The fourth-order valence-corrected chi connectivity index (χ4v) is 2.70. The molecule has 0 radical (unpaired) electrons. The topological polar surface area (TPSA) is 46.9 Å². The quantitative estimate of drug-likeness (QED) is 0.857. The zero-order chi connectivity index (χ0) is 14.2. The van der Waals surface area contributed by atoms with E-state index in [1.54, 1.807) is 13.0 Å². The monoisotopic (exact) mass is 264 g/mol. The molecule has 19 heavy (non-hydrogen) atoms. The van der Waals surface area contributed by atoms with E-state index in [2.05, 4.69) is 30.7 Å². The van der Waals surface area contributed by atoms with Gasteiger partial charge in [-0.05, 0) is 33.9 Å². The smallest absolute Gasteiger partial charge is 0.123 e. The molecular weight excluding hydrogens is 240 g/mol. The van der Waals surface area contributed by atoms with Gasteiger partial charge in [-0.2, -0.15) is 0 Å². The van der Waals surface area contributed by atoms with Gasteiger partial charge in [-0.25, -0.2) is 0 Å². The zero-order valence-corrected chi connectivity index (χ0v) is 12.2. The number of phenolic OH excluding ortho intramolecular Hbond substituents is 1. The number of aliphatic hydroxyl groups is 1. The van der Waals surface area contributed by atoms with Crippen molar-refractivity contribution in [1.82, 2.24) is 4.90 Å². The summed E-state index contributed by atoms with van der Waals surface area (Å²) in [4.78, 5) is 4.67. The zero-order valence-electron chi connectivity index (χ0n) is 12.2. The Kier molecular flexibility index (Phi) is 4.02. The van der Waals surface area contributed by atoms with E-state index in [1.807, 2.05) is 12.1 Å². The molecule has 0 bridgehead atoms. The van der Waals surface area contributed by atoms with Crippen LogP contribution in [0.2, 0.25) is 0 Å². The van der Waals surface area contributed by atoms with Crippen molar-refractivity contribution in [2.24, 2.45) is 0 Å². The molecule has 4 heteroatoms. The lowest BCUT2D eigenvalue weighted by atomic mass is 10.1. The summed E-state index contributed by atoms with van der Waals surface area (Å²) < 4.78 is 0. The third kappa shape index (κ3) is 2.85. The van der Waals surface area contributed by atoms with Gasteiger partial charge in [0.2, 0.25) is 0 Å². The minimum Gasteiger partial charge on any atom is -0.507 e. The number of piperazine rings is 1. The molecule has 1 aromatic carbocycles. The standard InChI is InChI=1S/C15H24N2O2/c1-10-8-17(9-11(2)16(10)4)13-5-6-14(12(3)18)15(19)7-13/h5-7,10-12,18-19H,8-9H2,1-4H3. The molecule has 1 saturated heterocycles. The molecule has 0 aromatic heterocycles. The molecule has 3 unspecified atom stereocenters. The van der Waals surface area contributed by atoms with Crippen LogP contribution in [-0.2, 0) is 0 Å². The van der Waals surface area contributed by atoms with Gasteiger partial charge in [0.25, 0.3) is 0 Å². The molecular formula is C15H24N2O2. The predicted molar refractivity (Wildman–Crippen MR) is 77.6 cm³/mol. The van der Waals surface area contributed by atoms with Crippen molar-refractivity contribution in [3.63, 3.8) is 0 Å². The van der Waals surface area contributed by atoms with Gasteiger partial charge in [-0.15, -0.1) is 0 Å². The van der Waals surface area contributed by atoms with E-state index in [0.29, 0.717) is 17.6 Å². The second-order valence-corrected chi connectivity index (χ2v) is 5.69. The second-order valence-electron chi connectivity index (χ2n) is 5.69.